The Hall–Kier alpha value is -0.250. The summed E-state index contributed by atoms with van der Waals surface area (Å²) >= 11 is 0. The van der Waals surface area contributed by atoms with Crippen molar-refractivity contribution >= 4 is 0 Å². The van der Waals surface area contributed by atoms with E-state index in [9.17, 15) is 13.2 Å². The zero-order valence-electron chi connectivity index (χ0n) is 8.04. The first-order valence-corrected chi connectivity index (χ1v) is 4.52. The van der Waals surface area contributed by atoms with Gasteiger partial charge in [0.05, 0.1) is 0 Å². The molecule has 0 aliphatic heterocycles. The van der Waals surface area contributed by atoms with Crippen molar-refractivity contribution in [2.45, 2.75) is 51.2 Å². The summed E-state index contributed by atoms with van der Waals surface area (Å²) in [6.45, 7) is 3.69. The first kappa shape index (κ1) is 10.8. The Morgan fingerprint density at radius 2 is 1.69 bits per heavy atom. The van der Waals surface area contributed by atoms with Gasteiger partial charge in [0.15, 0.2) is 0 Å². The minimum Gasteiger partial charge on any atom is -0.318 e. The van der Waals surface area contributed by atoms with Gasteiger partial charge in [-0.3, -0.25) is 0 Å². The lowest BCUT2D eigenvalue weighted by Crippen LogP contribution is -2.57. The molecule has 78 valence electrons. The second-order valence-electron chi connectivity index (χ2n) is 4.85. The smallest absolute Gasteiger partial charge is 0.318 e. The number of alkyl halides is 3. The van der Waals surface area contributed by atoms with Crippen LogP contribution >= 0.6 is 0 Å². The van der Waals surface area contributed by atoms with Crippen molar-refractivity contribution in [2.24, 2.45) is 11.1 Å². The summed E-state index contributed by atoms with van der Waals surface area (Å²) in [5, 5.41) is 0. The van der Waals surface area contributed by atoms with E-state index in [4.69, 9.17) is 5.73 Å². The highest BCUT2D eigenvalue weighted by Crippen LogP contribution is 2.46. The Morgan fingerprint density at radius 1 is 1.15 bits per heavy atom. The van der Waals surface area contributed by atoms with Gasteiger partial charge in [-0.1, -0.05) is 20.3 Å². The van der Waals surface area contributed by atoms with Gasteiger partial charge in [-0.15, -0.1) is 0 Å². The van der Waals surface area contributed by atoms with Gasteiger partial charge in [-0.2, -0.15) is 13.2 Å². The van der Waals surface area contributed by atoms with Crippen LogP contribution in [0.4, 0.5) is 13.2 Å². The maximum Gasteiger partial charge on any atom is 0.406 e. The van der Waals surface area contributed by atoms with E-state index in [1.54, 1.807) is 0 Å². The molecule has 0 amide bonds. The van der Waals surface area contributed by atoms with Crippen molar-refractivity contribution < 1.29 is 13.2 Å². The van der Waals surface area contributed by atoms with Gasteiger partial charge in [-0.25, -0.2) is 0 Å². The summed E-state index contributed by atoms with van der Waals surface area (Å²) in [5.74, 6) is 0. The van der Waals surface area contributed by atoms with Crippen LogP contribution in [-0.2, 0) is 0 Å². The summed E-state index contributed by atoms with van der Waals surface area (Å²) in [4.78, 5) is 0. The number of hydrogen-bond acceptors (Lipinski definition) is 1. The zero-order chi connectivity index (χ0) is 10.3. The first-order chi connectivity index (χ1) is 5.66. The van der Waals surface area contributed by atoms with Gasteiger partial charge in [0.2, 0.25) is 0 Å². The van der Waals surface area contributed by atoms with Crippen molar-refractivity contribution in [2.75, 3.05) is 0 Å². The molecular formula is C9H16F3N. The summed E-state index contributed by atoms with van der Waals surface area (Å²) in [6, 6.07) is 0. The van der Waals surface area contributed by atoms with Crippen LogP contribution in [0.3, 0.4) is 0 Å². The van der Waals surface area contributed by atoms with E-state index in [1.807, 2.05) is 13.8 Å². The molecule has 1 saturated carbocycles. The second kappa shape index (κ2) is 2.87. The normalized spacial score (nSPS) is 34.6. The van der Waals surface area contributed by atoms with Crippen LogP contribution in [-0.4, -0.2) is 11.7 Å². The third kappa shape index (κ3) is 2.16. The van der Waals surface area contributed by atoms with Gasteiger partial charge >= 0.3 is 6.18 Å². The fourth-order valence-corrected chi connectivity index (χ4v) is 2.16. The molecule has 1 rings (SSSR count). The van der Waals surface area contributed by atoms with Gasteiger partial charge in [-0.05, 0) is 24.7 Å². The van der Waals surface area contributed by atoms with Crippen molar-refractivity contribution in [3.05, 3.63) is 0 Å². The van der Waals surface area contributed by atoms with Crippen molar-refractivity contribution in [1.29, 1.82) is 0 Å². The lowest BCUT2D eigenvalue weighted by molar-refractivity contribution is -0.202. The van der Waals surface area contributed by atoms with Crippen LogP contribution in [0.1, 0.15) is 39.5 Å². The molecule has 4 heteroatoms. The van der Waals surface area contributed by atoms with E-state index < -0.39 is 11.7 Å². The van der Waals surface area contributed by atoms with E-state index in [0.717, 1.165) is 6.42 Å². The van der Waals surface area contributed by atoms with E-state index >= 15 is 0 Å². The van der Waals surface area contributed by atoms with E-state index in [-0.39, 0.29) is 18.3 Å². The molecule has 0 spiro atoms. The van der Waals surface area contributed by atoms with E-state index in [1.165, 1.54) is 0 Å². The maximum absolute atomic E-state index is 12.5. The highest BCUT2D eigenvalue weighted by Gasteiger charge is 2.55. The molecule has 13 heavy (non-hydrogen) atoms. The largest absolute Gasteiger partial charge is 0.406 e. The monoisotopic (exact) mass is 195 g/mol. The Kier molecular flexibility index (Phi) is 2.39. The predicted molar refractivity (Wildman–Crippen MR) is 45.2 cm³/mol. The fourth-order valence-electron chi connectivity index (χ4n) is 2.16. The number of halogens is 3. The number of nitrogens with two attached hydrogens (primary N) is 1. The maximum atomic E-state index is 12.5. The highest BCUT2D eigenvalue weighted by atomic mass is 19.4. The van der Waals surface area contributed by atoms with Gasteiger partial charge in [0.1, 0.15) is 5.54 Å². The van der Waals surface area contributed by atoms with Gasteiger partial charge in [0.25, 0.3) is 0 Å². The summed E-state index contributed by atoms with van der Waals surface area (Å²) in [5.41, 5.74) is 3.16. The van der Waals surface area contributed by atoms with Crippen LogP contribution in [0, 0.1) is 5.41 Å². The number of rotatable bonds is 0. The molecule has 1 nitrogen and oxygen atoms in total. The number of hydrogen-bond donors (Lipinski definition) is 1. The summed E-state index contributed by atoms with van der Waals surface area (Å²) in [7, 11) is 0. The van der Waals surface area contributed by atoms with Gasteiger partial charge in [0, 0.05) is 0 Å². The van der Waals surface area contributed by atoms with Crippen molar-refractivity contribution in [1.82, 2.24) is 0 Å². The SMILES string of the molecule is CC1(C)CCCC(N)(C(F)(F)F)C1. The molecule has 1 unspecified atom stereocenters. The Bertz CT molecular complexity index is 198. The van der Waals surface area contributed by atoms with Crippen LogP contribution in [0.5, 0.6) is 0 Å². The van der Waals surface area contributed by atoms with Crippen molar-refractivity contribution in [3.8, 4) is 0 Å². The molecule has 1 aliphatic carbocycles. The molecule has 0 aromatic rings. The third-order valence-electron chi connectivity index (χ3n) is 2.84. The molecule has 0 bridgehead atoms. The molecule has 1 atom stereocenters. The quantitative estimate of drug-likeness (QED) is 0.632. The summed E-state index contributed by atoms with van der Waals surface area (Å²) in [6.07, 6.45) is -2.74. The fraction of sp³-hybridized carbons (Fsp3) is 1.00. The Balaban J connectivity index is 2.81. The molecule has 0 heterocycles. The van der Waals surface area contributed by atoms with Crippen LogP contribution in [0.25, 0.3) is 0 Å². The minimum absolute atomic E-state index is 0.0451. The van der Waals surface area contributed by atoms with Crippen LogP contribution in [0.2, 0.25) is 0 Å². The molecule has 0 aromatic carbocycles. The standard InChI is InChI=1S/C9H16F3N/c1-7(2)4-3-5-8(13,6-7)9(10,11)12/h3-6,13H2,1-2H3. The van der Waals surface area contributed by atoms with Crippen LogP contribution < -0.4 is 5.73 Å². The molecular weight excluding hydrogens is 179 g/mol. The van der Waals surface area contributed by atoms with E-state index in [2.05, 4.69) is 0 Å². The average Bonchev–Trinajstić information content (AvgIpc) is 1.80. The second-order valence-corrected chi connectivity index (χ2v) is 4.85. The topological polar surface area (TPSA) is 26.0 Å². The Morgan fingerprint density at radius 3 is 2.00 bits per heavy atom. The lowest BCUT2D eigenvalue weighted by atomic mass is 9.68. The van der Waals surface area contributed by atoms with Gasteiger partial charge < -0.3 is 5.73 Å². The van der Waals surface area contributed by atoms with Crippen molar-refractivity contribution in [3.63, 3.8) is 0 Å². The van der Waals surface area contributed by atoms with E-state index in [0.29, 0.717) is 6.42 Å². The first-order valence-electron chi connectivity index (χ1n) is 4.52. The average molecular weight is 195 g/mol. The molecule has 1 aliphatic rings. The minimum atomic E-state index is -4.26. The molecule has 0 aromatic heterocycles. The predicted octanol–water partition coefficient (Wildman–Crippen LogP) is 2.85. The third-order valence-corrected chi connectivity index (χ3v) is 2.84. The molecule has 0 saturated heterocycles. The summed E-state index contributed by atoms with van der Waals surface area (Å²) < 4.78 is 37.6. The lowest BCUT2D eigenvalue weighted by Gasteiger charge is -2.43. The van der Waals surface area contributed by atoms with Crippen LogP contribution in [0.15, 0.2) is 0 Å². The highest BCUT2D eigenvalue weighted by molar-refractivity contribution is 4.99. The molecule has 2 N–H and O–H groups in total. The zero-order valence-corrected chi connectivity index (χ0v) is 8.04. The molecule has 1 fully saturated rings. The Labute approximate surface area is 76.5 Å². The molecule has 0 radical (unpaired) electrons.